The van der Waals surface area contributed by atoms with Crippen molar-refractivity contribution in [1.29, 1.82) is 0 Å². The molecule has 0 radical (unpaired) electrons. The highest BCUT2D eigenvalue weighted by Crippen LogP contribution is 2.25. The number of carbonyl (C=O) groups excluding carboxylic acids is 1. The molecule has 0 saturated heterocycles. The van der Waals surface area contributed by atoms with E-state index in [1.807, 2.05) is 0 Å². The molecule has 34 heavy (non-hydrogen) atoms. The molecule has 0 unspecified atom stereocenters. The van der Waals surface area contributed by atoms with Crippen molar-refractivity contribution in [2.24, 2.45) is 0 Å². The summed E-state index contributed by atoms with van der Waals surface area (Å²) in [7, 11) is -7.28. The fourth-order valence-corrected chi connectivity index (χ4v) is 5.26. The Labute approximate surface area is 197 Å². The minimum absolute atomic E-state index is 0.00705. The Balaban J connectivity index is 1.59. The minimum atomic E-state index is -3.85. The highest BCUT2D eigenvalue weighted by molar-refractivity contribution is 7.92. The van der Waals surface area contributed by atoms with Gasteiger partial charge in [0.15, 0.2) is 0 Å². The molecule has 0 spiro atoms. The molecule has 0 bridgehead atoms. The van der Waals surface area contributed by atoms with Gasteiger partial charge in [-0.2, -0.15) is 0 Å². The van der Waals surface area contributed by atoms with Crippen LogP contribution in [0.1, 0.15) is 16.1 Å². The van der Waals surface area contributed by atoms with Crippen LogP contribution in [-0.2, 0) is 19.9 Å². The third kappa shape index (κ3) is 4.96. The van der Waals surface area contributed by atoms with E-state index >= 15 is 0 Å². The van der Waals surface area contributed by atoms with Crippen molar-refractivity contribution in [2.45, 2.75) is 9.79 Å². The maximum atomic E-state index is 13.0. The lowest BCUT2D eigenvalue weighted by atomic mass is 10.2. The number of sulfone groups is 1. The Hall–Kier alpha value is -4.07. The van der Waals surface area contributed by atoms with E-state index < -0.39 is 25.8 Å². The highest BCUT2D eigenvalue weighted by Gasteiger charge is 2.19. The monoisotopic (exact) mass is 493 g/mol. The molecular weight excluding hydrogens is 474 g/mol. The van der Waals surface area contributed by atoms with Gasteiger partial charge in [0.2, 0.25) is 19.9 Å². The molecule has 3 N–H and O–H groups in total. The number of amides is 1. The van der Waals surface area contributed by atoms with E-state index in [9.17, 15) is 21.6 Å². The lowest BCUT2D eigenvalue weighted by molar-refractivity contribution is 0.102. The summed E-state index contributed by atoms with van der Waals surface area (Å²) in [4.78, 5) is 15.8. The number of hydrogen-bond acceptors (Lipinski definition) is 5. The number of fused-ring (bicyclic) bond motifs is 1. The number of hydrogen-bond donors (Lipinski definition) is 3. The molecule has 1 amide bonds. The van der Waals surface area contributed by atoms with Crippen LogP contribution in [0.25, 0.3) is 10.9 Å². The Kier molecular flexibility index (Phi) is 5.91. The van der Waals surface area contributed by atoms with Gasteiger partial charge in [0, 0.05) is 22.2 Å². The summed E-state index contributed by atoms with van der Waals surface area (Å²) in [5.41, 5.74) is 1.87. The predicted octanol–water partition coefficient (Wildman–Crippen LogP) is 3.61. The molecule has 1 aromatic heterocycles. The second kappa shape index (κ2) is 8.70. The zero-order valence-electron chi connectivity index (χ0n) is 17.9. The summed E-state index contributed by atoms with van der Waals surface area (Å²) in [6, 6.07) is 18.4. The van der Waals surface area contributed by atoms with Crippen LogP contribution in [0, 0.1) is 12.3 Å². The first-order valence-corrected chi connectivity index (χ1v) is 13.3. The number of H-pyrrole nitrogens is 1. The van der Waals surface area contributed by atoms with Crippen molar-refractivity contribution in [3.8, 4) is 12.3 Å². The number of aromatic nitrogens is 1. The van der Waals surface area contributed by atoms with Gasteiger partial charge in [-0.3, -0.25) is 9.52 Å². The largest absolute Gasteiger partial charge is 0.350 e. The Morgan fingerprint density at radius 3 is 2.29 bits per heavy atom. The van der Waals surface area contributed by atoms with E-state index in [4.69, 9.17) is 6.42 Å². The number of carbonyl (C=O) groups is 1. The van der Waals surface area contributed by atoms with Crippen LogP contribution in [0.3, 0.4) is 0 Å². The first kappa shape index (κ1) is 23.1. The van der Waals surface area contributed by atoms with Crippen molar-refractivity contribution in [2.75, 3.05) is 16.3 Å². The van der Waals surface area contributed by atoms with E-state index in [0.29, 0.717) is 22.2 Å². The topological polar surface area (TPSA) is 125 Å². The number of anilines is 2. The van der Waals surface area contributed by atoms with E-state index in [0.717, 1.165) is 6.26 Å². The summed E-state index contributed by atoms with van der Waals surface area (Å²) in [6.45, 7) is 0. The molecule has 4 rings (SSSR count). The molecule has 172 valence electrons. The minimum Gasteiger partial charge on any atom is -0.350 e. The number of rotatable bonds is 6. The standard InChI is InChI=1S/C24H19N3O5S2/c1-3-16-6-4-8-20(12-16)34(31,32)21-9-5-7-18(14-21)25-24(28)23-13-17-10-11-19(15-22(17)26-23)27-33(2,29)30/h1,4-15,26-27H,2H3,(H,25,28). The molecule has 0 aliphatic rings. The van der Waals surface area contributed by atoms with Crippen molar-refractivity contribution < 1.29 is 21.6 Å². The fraction of sp³-hybridized carbons (Fsp3) is 0.0417. The Morgan fingerprint density at radius 1 is 0.882 bits per heavy atom. The van der Waals surface area contributed by atoms with Gasteiger partial charge in [-0.1, -0.05) is 24.1 Å². The SMILES string of the molecule is C#Cc1cccc(S(=O)(=O)c2cccc(NC(=O)c3cc4ccc(NS(C)(=O)=O)cc4[nH]3)c2)c1. The average molecular weight is 494 g/mol. The van der Waals surface area contributed by atoms with Gasteiger partial charge in [0.25, 0.3) is 5.91 Å². The molecule has 0 aliphatic carbocycles. The van der Waals surface area contributed by atoms with Gasteiger partial charge < -0.3 is 10.3 Å². The number of terminal acetylenes is 1. The number of sulfonamides is 1. The third-order valence-corrected chi connectivity index (χ3v) is 7.24. The summed E-state index contributed by atoms with van der Waals surface area (Å²) >= 11 is 0. The molecule has 1 heterocycles. The van der Waals surface area contributed by atoms with Gasteiger partial charge in [0.1, 0.15) is 5.69 Å². The number of benzene rings is 3. The molecule has 0 fully saturated rings. The fourth-order valence-electron chi connectivity index (χ4n) is 3.36. The summed E-state index contributed by atoms with van der Waals surface area (Å²) < 4.78 is 51.3. The summed E-state index contributed by atoms with van der Waals surface area (Å²) in [6.07, 6.45) is 6.42. The van der Waals surface area contributed by atoms with E-state index in [1.54, 1.807) is 42.5 Å². The highest BCUT2D eigenvalue weighted by atomic mass is 32.2. The quantitative estimate of drug-likeness (QED) is 0.354. The number of nitrogens with one attached hydrogen (secondary N) is 3. The van der Waals surface area contributed by atoms with Crippen molar-refractivity contribution in [3.05, 3.63) is 84.1 Å². The lowest BCUT2D eigenvalue weighted by Gasteiger charge is -2.08. The summed E-state index contributed by atoms with van der Waals surface area (Å²) in [5, 5.41) is 3.38. The second-order valence-corrected chi connectivity index (χ2v) is 11.2. The number of aromatic amines is 1. The van der Waals surface area contributed by atoms with Crippen LogP contribution < -0.4 is 10.0 Å². The van der Waals surface area contributed by atoms with Crippen LogP contribution in [-0.4, -0.2) is 34.0 Å². The molecule has 0 saturated carbocycles. The third-order valence-electron chi connectivity index (χ3n) is 4.88. The average Bonchev–Trinajstić information content (AvgIpc) is 3.22. The van der Waals surface area contributed by atoms with Crippen LogP contribution in [0.2, 0.25) is 0 Å². The van der Waals surface area contributed by atoms with Crippen molar-refractivity contribution >= 4 is 48.0 Å². The van der Waals surface area contributed by atoms with Gasteiger partial charge in [0.05, 0.1) is 21.7 Å². The van der Waals surface area contributed by atoms with Gasteiger partial charge in [-0.25, -0.2) is 16.8 Å². The maximum absolute atomic E-state index is 13.0. The lowest BCUT2D eigenvalue weighted by Crippen LogP contribution is -2.13. The van der Waals surface area contributed by atoms with Crippen molar-refractivity contribution in [3.63, 3.8) is 0 Å². The van der Waals surface area contributed by atoms with Crippen LogP contribution in [0.4, 0.5) is 11.4 Å². The van der Waals surface area contributed by atoms with E-state index in [2.05, 4.69) is 20.9 Å². The molecule has 3 aromatic carbocycles. The Morgan fingerprint density at radius 2 is 1.59 bits per heavy atom. The van der Waals surface area contributed by atoms with Gasteiger partial charge >= 0.3 is 0 Å². The van der Waals surface area contributed by atoms with Crippen LogP contribution in [0.5, 0.6) is 0 Å². The zero-order chi connectivity index (χ0) is 24.5. The van der Waals surface area contributed by atoms with E-state index in [1.165, 1.54) is 30.3 Å². The maximum Gasteiger partial charge on any atom is 0.272 e. The first-order chi connectivity index (χ1) is 16.0. The van der Waals surface area contributed by atoms with Gasteiger partial charge in [-0.15, -0.1) is 6.42 Å². The predicted molar refractivity (Wildman–Crippen MR) is 131 cm³/mol. The van der Waals surface area contributed by atoms with E-state index in [-0.39, 0.29) is 21.2 Å². The molecule has 0 atom stereocenters. The van der Waals surface area contributed by atoms with Crippen LogP contribution in [0.15, 0.2) is 82.6 Å². The van der Waals surface area contributed by atoms with Crippen LogP contribution >= 0.6 is 0 Å². The van der Waals surface area contributed by atoms with Crippen molar-refractivity contribution in [1.82, 2.24) is 4.98 Å². The molecular formula is C24H19N3O5S2. The molecule has 0 aliphatic heterocycles. The molecule has 4 aromatic rings. The second-order valence-electron chi connectivity index (χ2n) is 7.52. The zero-order valence-corrected chi connectivity index (χ0v) is 19.5. The summed E-state index contributed by atoms with van der Waals surface area (Å²) in [5.74, 6) is 1.93. The molecule has 8 nitrogen and oxygen atoms in total. The Bertz CT molecular complexity index is 1680. The molecule has 10 heteroatoms. The normalized spacial score (nSPS) is 11.6. The first-order valence-electron chi connectivity index (χ1n) is 9.89. The smallest absolute Gasteiger partial charge is 0.272 e. The van der Waals surface area contributed by atoms with Gasteiger partial charge in [-0.05, 0) is 54.6 Å².